The predicted molar refractivity (Wildman–Crippen MR) is 110 cm³/mol. The summed E-state index contributed by atoms with van der Waals surface area (Å²) in [7, 11) is -4.39. The molecule has 0 aliphatic carbocycles. The fourth-order valence-electron chi connectivity index (χ4n) is 2.54. The number of hydrogen-bond donors (Lipinski definition) is 3. The third-order valence-electron chi connectivity index (χ3n) is 3.75. The number of nitrogens with one attached hydrogen (secondary N) is 2. The van der Waals surface area contributed by atoms with E-state index in [0.29, 0.717) is 27.9 Å². The molecule has 0 radical (unpaired) electrons. The quantitative estimate of drug-likeness (QED) is 0.267. The SMILES string of the molecule is CC(=NNC(=S)Nc1cccc2cccc(S(=O)(=O)O)c12)c1ccccn1. The van der Waals surface area contributed by atoms with Crippen LogP contribution in [0.2, 0.25) is 0 Å². The lowest BCUT2D eigenvalue weighted by Crippen LogP contribution is -2.25. The van der Waals surface area contributed by atoms with Gasteiger partial charge >= 0.3 is 0 Å². The first kappa shape index (κ1) is 18.9. The molecule has 0 spiro atoms. The van der Waals surface area contributed by atoms with Gasteiger partial charge in [-0.25, -0.2) is 0 Å². The van der Waals surface area contributed by atoms with Crippen LogP contribution in [0, 0.1) is 0 Å². The van der Waals surface area contributed by atoms with E-state index in [1.807, 2.05) is 18.2 Å². The van der Waals surface area contributed by atoms with Gasteiger partial charge < -0.3 is 5.32 Å². The Morgan fingerprint density at radius 2 is 1.85 bits per heavy atom. The second-order valence-corrected chi connectivity index (χ2v) is 7.41. The first-order valence-electron chi connectivity index (χ1n) is 7.88. The molecule has 3 N–H and O–H groups in total. The first-order valence-corrected chi connectivity index (χ1v) is 9.73. The van der Waals surface area contributed by atoms with E-state index < -0.39 is 10.1 Å². The summed E-state index contributed by atoms with van der Waals surface area (Å²) in [5.74, 6) is 0. The molecule has 0 fully saturated rings. The Labute approximate surface area is 161 Å². The van der Waals surface area contributed by atoms with Crippen LogP contribution in [0.4, 0.5) is 5.69 Å². The molecule has 9 heteroatoms. The number of fused-ring (bicyclic) bond motifs is 1. The molecule has 138 valence electrons. The first-order chi connectivity index (χ1) is 12.9. The number of aromatic nitrogens is 1. The molecule has 0 aliphatic rings. The predicted octanol–water partition coefficient (Wildman–Crippen LogP) is 3.19. The van der Waals surface area contributed by atoms with Gasteiger partial charge in [0.25, 0.3) is 10.1 Å². The average molecular weight is 400 g/mol. The van der Waals surface area contributed by atoms with Gasteiger partial charge in [-0.3, -0.25) is 15.0 Å². The molecule has 0 amide bonds. The highest BCUT2D eigenvalue weighted by Crippen LogP contribution is 2.29. The van der Waals surface area contributed by atoms with Crippen LogP contribution in [0.3, 0.4) is 0 Å². The molecule has 7 nitrogen and oxygen atoms in total. The van der Waals surface area contributed by atoms with Gasteiger partial charge in [-0.05, 0) is 48.8 Å². The topological polar surface area (TPSA) is 104 Å². The molecule has 0 saturated heterocycles. The fraction of sp³-hybridized carbons (Fsp3) is 0.0556. The van der Waals surface area contributed by atoms with E-state index in [9.17, 15) is 13.0 Å². The number of hydrazone groups is 1. The van der Waals surface area contributed by atoms with Crippen LogP contribution < -0.4 is 10.7 Å². The van der Waals surface area contributed by atoms with Crippen molar-refractivity contribution >= 4 is 49.6 Å². The summed E-state index contributed by atoms with van der Waals surface area (Å²) in [5, 5.41) is 8.25. The van der Waals surface area contributed by atoms with Gasteiger partial charge in [-0.15, -0.1) is 0 Å². The van der Waals surface area contributed by atoms with Crippen molar-refractivity contribution in [3.63, 3.8) is 0 Å². The maximum absolute atomic E-state index is 11.7. The molecule has 1 heterocycles. The highest BCUT2D eigenvalue weighted by molar-refractivity contribution is 7.86. The Morgan fingerprint density at radius 3 is 2.52 bits per heavy atom. The molecule has 0 saturated carbocycles. The van der Waals surface area contributed by atoms with Gasteiger partial charge in [0.1, 0.15) is 4.90 Å². The normalized spacial score (nSPS) is 12.0. The van der Waals surface area contributed by atoms with Gasteiger partial charge in [0, 0.05) is 17.3 Å². The molecule has 0 aliphatic heterocycles. The number of hydrogen-bond acceptors (Lipinski definition) is 5. The van der Waals surface area contributed by atoms with Gasteiger partial charge in [0.2, 0.25) is 0 Å². The minimum absolute atomic E-state index is 0.169. The second kappa shape index (κ2) is 7.78. The maximum Gasteiger partial charge on any atom is 0.295 e. The van der Waals surface area contributed by atoms with Crippen molar-refractivity contribution < 1.29 is 13.0 Å². The van der Waals surface area contributed by atoms with E-state index in [1.54, 1.807) is 43.5 Å². The highest BCUT2D eigenvalue weighted by atomic mass is 32.2. The summed E-state index contributed by atoms with van der Waals surface area (Å²) in [5.41, 5.74) is 4.48. The van der Waals surface area contributed by atoms with Gasteiger partial charge in [-0.1, -0.05) is 30.3 Å². The molecule has 0 bridgehead atoms. The van der Waals surface area contributed by atoms with Gasteiger partial charge in [-0.2, -0.15) is 13.5 Å². The Kier molecular flexibility index (Phi) is 5.45. The van der Waals surface area contributed by atoms with Crippen LogP contribution in [0.15, 0.2) is 70.8 Å². The zero-order valence-electron chi connectivity index (χ0n) is 14.2. The average Bonchev–Trinajstić information content (AvgIpc) is 2.66. The summed E-state index contributed by atoms with van der Waals surface area (Å²) < 4.78 is 32.9. The summed E-state index contributed by atoms with van der Waals surface area (Å²) in [6.07, 6.45) is 1.66. The van der Waals surface area contributed by atoms with Crippen molar-refractivity contribution in [2.24, 2.45) is 5.10 Å². The van der Waals surface area contributed by atoms with E-state index >= 15 is 0 Å². The Morgan fingerprint density at radius 1 is 1.11 bits per heavy atom. The number of rotatable bonds is 4. The van der Waals surface area contributed by atoms with E-state index in [4.69, 9.17) is 12.2 Å². The van der Waals surface area contributed by atoms with E-state index in [1.165, 1.54) is 6.07 Å². The Hall–Kier alpha value is -2.88. The van der Waals surface area contributed by atoms with Crippen molar-refractivity contribution in [2.75, 3.05) is 5.32 Å². The third-order valence-corrected chi connectivity index (χ3v) is 4.84. The minimum Gasteiger partial charge on any atom is -0.331 e. The molecule has 0 unspecified atom stereocenters. The highest BCUT2D eigenvalue weighted by Gasteiger charge is 2.16. The number of pyridine rings is 1. The van der Waals surface area contributed by atoms with Crippen LogP contribution in [0.5, 0.6) is 0 Å². The molecular formula is C18H16N4O3S2. The van der Waals surface area contributed by atoms with E-state index in [-0.39, 0.29) is 10.0 Å². The van der Waals surface area contributed by atoms with Crippen LogP contribution >= 0.6 is 12.2 Å². The summed E-state index contributed by atoms with van der Waals surface area (Å²) >= 11 is 5.24. The molecule has 2 aromatic carbocycles. The summed E-state index contributed by atoms with van der Waals surface area (Å²) in [4.78, 5) is 4.00. The van der Waals surface area contributed by atoms with E-state index in [0.717, 1.165) is 0 Å². The molecule has 1 aromatic heterocycles. The van der Waals surface area contributed by atoms with Crippen molar-refractivity contribution in [1.29, 1.82) is 0 Å². The zero-order valence-corrected chi connectivity index (χ0v) is 15.9. The van der Waals surface area contributed by atoms with Crippen molar-refractivity contribution in [1.82, 2.24) is 10.4 Å². The van der Waals surface area contributed by atoms with Crippen LogP contribution in [0.25, 0.3) is 10.8 Å². The monoisotopic (exact) mass is 400 g/mol. The smallest absolute Gasteiger partial charge is 0.295 e. The molecule has 0 atom stereocenters. The third kappa shape index (κ3) is 4.45. The van der Waals surface area contributed by atoms with Crippen molar-refractivity contribution in [2.45, 2.75) is 11.8 Å². The Balaban J connectivity index is 1.88. The lowest BCUT2D eigenvalue weighted by molar-refractivity contribution is 0.484. The standard InChI is InChI=1S/C18H16N4O3S2/c1-12(14-8-2-3-11-19-14)21-22-18(26)20-15-9-4-6-13-7-5-10-16(17(13)15)27(23,24)25/h2-11H,1H3,(H2,20,22,26)(H,23,24,25). The lowest BCUT2D eigenvalue weighted by atomic mass is 10.1. The largest absolute Gasteiger partial charge is 0.331 e. The number of anilines is 1. The van der Waals surface area contributed by atoms with Crippen LogP contribution in [-0.2, 0) is 10.1 Å². The van der Waals surface area contributed by atoms with Crippen LogP contribution in [0.1, 0.15) is 12.6 Å². The zero-order chi connectivity index (χ0) is 19.4. The van der Waals surface area contributed by atoms with E-state index in [2.05, 4.69) is 20.8 Å². The molecule has 3 aromatic rings. The Bertz CT molecular complexity index is 1120. The number of benzene rings is 2. The van der Waals surface area contributed by atoms with Gasteiger partial charge in [0.15, 0.2) is 5.11 Å². The summed E-state index contributed by atoms with van der Waals surface area (Å²) in [6.45, 7) is 1.78. The van der Waals surface area contributed by atoms with Gasteiger partial charge in [0.05, 0.1) is 11.4 Å². The maximum atomic E-state index is 11.7. The van der Waals surface area contributed by atoms with Crippen molar-refractivity contribution in [3.05, 3.63) is 66.5 Å². The summed E-state index contributed by atoms with van der Waals surface area (Å²) in [6, 6.07) is 15.3. The molecule has 27 heavy (non-hydrogen) atoms. The number of nitrogens with zero attached hydrogens (tertiary/aromatic N) is 2. The molecule has 3 rings (SSSR count). The van der Waals surface area contributed by atoms with Crippen LogP contribution in [-0.4, -0.2) is 28.8 Å². The van der Waals surface area contributed by atoms with Crippen molar-refractivity contribution in [3.8, 4) is 0 Å². The number of thiocarbonyl (C=S) groups is 1. The lowest BCUT2D eigenvalue weighted by Gasteiger charge is -2.13. The molecular weight excluding hydrogens is 384 g/mol. The fourth-order valence-corrected chi connectivity index (χ4v) is 3.44. The second-order valence-electron chi connectivity index (χ2n) is 5.61. The minimum atomic E-state index is -4.39.